The minimum atomic E-state index is 0.0311. The second-order valence-corrected chi connectivity index (χ2v) is 12.1. The van der Waals surface area contributed by atoms with Gasteiger partial charge in [-0.15, -0.1) is 0 Å². The maximum absolute atomic E-state index is 13.8. The van der Waals surface area contributed by atoms with Crippen LogP contribution in [0.1, 0.15) is 93.0 Å². The summed E-state index contributed by atoms with van der Waals surface area (Å²) in [6, 6.07) is 11.5. The van der Waals surface area contributed by atoms with E-state index in [4.69, 9.17) is 5.10 Å². The molecule has 0 radical (unpaired) electrons. The van der Waals surface area contributed by atoms with Crippen LogP contribution in [0.4, 0.5) is 0 Å². The van der Waals surface area contributed by atoms with Gasteiger partial charge in [-0.05, 0) is 75.7 Å². The van der Waals surface area contributed by atoms with Gasteiger partial charge in [0.05, 0.1) is 5.52 Å². The molecule has 6 heteroatoms. The van der Waals surface area contributed by atoms with Crippen molar-refractivity contribution < 1.29 is 9.59 Å². The smallest absolute Gasteiger partial charge is 0.253 e. The Morgan fingerprint density at radius 3 is 2.30 bits per heavy atom. The number of likely N-dealkylation sites (tertiary alicyclic amines) is 1. The number of nitrogens with zero attached hydrogens (tertiary/aromatic N) is 4. The Morgan fingerprint density at radius 1 is 0.950 bits per heavy atom. The van der Waals surface area contributed by atoms with Crippen LogP contribution in [0, 0.1) is 11.8 Å². The van der Waals surface area contributed by atoms with E-state index in [0.717, 1.165) is 67.9 Å². The van der Waals surface area contributed by atoms with Crippen molar-refractivity contribution in [2.24, 2.45) is 11.8 Å². The Bertz CT molecular complexity index is 1320. The van der Waals surface area contributed by atoms with Crippen LogP contribution in [0.5, 0.6) is 0 Å². The number of hydrogen-bond acceptors (Lipinski definition) is 4. The summed E-state index contributed by atoms with van der Waals surface area (Å²) < 4.78 is 1.86. The van der Waals surface area contributed by atoms with E-state index in [-0.39, 0.29) is 11.7 Å². The highest BCUT2D eigenvalue weighted by atomic mass is 16.2. The lowest BCUT2D eigenvalue weighted by atomic mass is 10.0. The molecular weight excluding hydrogens is 496 g/mol. The molecule has 3 heterocycles. The minimum Gasteiger partial charge on any atom is -0.339 e. The first kappa shape index (κ1) is 29.7. The van der Waals surface area contributed by atoms with E-state index in [1.165, 1.54) is 19.3 Å². The number of hydrogen-bond donors (Lipinski definition) is 0. The van der Waals surface area contributed by atoms with Crippen molar-refractivity contribution in [1.82, 2.24) is 19.4 Å². The second kappa shape index (κ2) is 13.9. The van der Waals surface area contributed by atoms with Crippen LogP contribution in [-0.2, 0) is 0 Å². The molecule has 3 aromatic rings. The van der Waals surface area contributed by atoms with Gasteiger partial charge in [0.2, 0.25) is 0 Å². The van der Waals surface area contributed by atoms with Crippen LogP contribution in [0.25, 0.3) is 22.9 Å². The van der Waals surface area contributed by atoms with Gasteiger partial charge in [-0.25, -0.2) is 4.52 Å². The third kappa shape index (κ3) is 7.69. The van der Waals surface area contributed by atoms with E-state index in [1.54, 1.807) is 6.92 Å². The molecule has 2 aromatic heterocycles. The Morgan fingerprint density at radius 2 is 1.65 bits per heavy atom. The number of ketones is 1. The van der Waals surface area contributed by atoms with Crippen molar-refractivity contribution in [3.8, 4) is 11.3 Å². The quantitative estimate of drug-likeness (QED) is 0.226. The van der Waals surface area contributed by atoms with Crippen LogP contribution >= 0.6 is 0 Å². The van der Waals surface area contributed by atoms with Crippen LogP contribution in [0.15, 0.2) is 48.7 Å². The minimum absolute atomic E-state index is 0.0311. The molecule has 0 atom stereocenters. The van der Waals surface area contributed by atoms with Crippen molar-refractivity contribution in [3.05, 3.63) is 65.4 Å². The molecule has 40 heavy (non-hydrogen) atoms. The third-order valence-corrected chi connectivity index (χ3v) is 7.80. The first-order chi connectivity index (χ1) is 19.2. The molecule has 1 fully saturated rings. The molecule has 1 saturated heterocycles. The van der Waals surface area contributed by atoms with Gasteiger partial charge in [0.25, 0.3) is 5.91 Å². The Labute approximate surface area is 240 Å². The fourth-order valence-electron chi connectivity index (χ4n) is 5.25. The van der Waals surface area contributed by atoms with Crippen LogP contribution in [-0.4, -0.2) is 63.8 Å². The van der Waals surface area contributed by atoms with Crippen LogP contribution in [0.2, 0.25) is 0 Å². The van der Waals surface area contributed by atoms with Gasteiger partial charge >= 0.3 is 0 Å². The zero-order valence-corrected chi connectivity index (χ0v) is 25.0. The number of Topliss-reactive ketones (excluding diaryl/α,β-unsaturated/α-hetero) is 1. The molecule has 0 aliphatic carbocycles. The Hall–Kier alpha value is -3.25. The molecule has 1 aliphatic heterocycles. The Balaban J connectivity index is 1.72. The van der Waals surface area contributed by atoms with Gasteiger partial charge in [0, 0.05) is 48.1 Å². The van der Waals surface area contributed by atoms with E-state index >= 15 is 0 Å². The van der Waals surface area contributed by atoms with E-state index in [2.05, 4.69) is 44.7 Å². The van der Waals surface area contributed by atoms with E-state index < -0.39 is 0 Å². The van der Waals surface area contributed by atoms with Gasteiger partial charge in [0.15, 0.2) is 5.78 Å². The zero-order chi connectivity index (χ0) is 28.6. The van der Waals surface area contributed by atoms with Crippen LogP contribution < -0.4 is 0 Å². The second-order valence-electron chi connectivity index (χ2n) is 12.1. The topological polar surface area (TPSA) is 57.9 Å². The molecule has 0 spiro atoms. The summed E-state index contributed by atoms with van der Waals surface area (Å²) in [5.41, 5.74) is 4.95. The molecule has 1 aliphatic rings. The summed E-state index contributed by atoms with van der Waals surface area (Å²) in [6.07, 6.45) is 12.0. The van der Waals surface area contributed by atoms with Gasteiger partial charge in [0.1, 0.15) is 5.69 Å². The SMILES string of the molecule is CC(=O)c1cccc(-c2nn3ccc(C(=O)N(CCC(C)C)CCC(C)C)cc3c2C=CCN2CCCCC2)c1. The number of fused-ring (bicyclic) bond motifs is 1. The van der Waals surface area contributed by atoms with Crippen molar-refractivity contribution in [1.29, 1.82) is 0 Å². The molecule has 0 saturated carbocycles. The lowest BCUT2D eigenvalue weighted by Crippen LogP contribution is -2.34. The van der Waals surface area contributed by atoms with Gasteiger partial charge in [-0.1, -0.05) is 64.5 Å². The van der Waals surface area contributed by atoms with Gasteiger partial charge in [-0.3, -0.25) is 14.5 Å². The van der Waals surface area contributed by atoms with Crippen molar-refractivity contribution in [2.75, 3.05) is 32.7 Å². The largest absolute Gasteiger partial charge is 0.339 e. The molecule has 214 valence electrons. The maximum Gasteiger partial charge on any atom is 0.253 e. The number of piperidine rings is 1. The summed E-state index contributed by atoms with van der Waals surface area (Å²) in [6.45, 7) is 15.1. The first-order valence-corrected chi connectivity index (χ1v) is 15.0. The molecule has 4 rings (SSSR count). The Kier molecular flexibility index (Phi) is 10.3. The molecule has 1 aromatic carbocycles. The third-order valence-electron chi connectivity index (χ3n) is 7.80. The number of aromatic nitrogens is 2. The molecule has 0 unspecified atom stereocenters. The molecular formula is C34H46N4O2. The maximum atomic E-state index is 13.8. The highest BCUT2D eigenvalue weighted by Gasteiger charge is 2.20. The molecule has 6 nitrogen and oxygen atoms in total. The average molecular weight is 543 g/mol. The predicted molar refractivity (Wildman–Crippen MR) is 165 cm³/mol. The van der Waals surface area contributed by atoms with E-state index in [9.17, 15) is 9.59 Å². The standard InChI is InChI=1S/C34H46N4O2/c1-25(2)14-20-37(21-15-26(3)4)34(40)30-16-22-38-32(24-30)31(13-10-19-36-17-7-6-8-18-36)33(35-38)29-12-9-11-28(23-29)27(5)39/h9-13,16,22-26H,6-8,14-15,17-21H2,1-5H3. The van der Waals surface area contributed by atoms with Crippen LogP contribution in [0.3, 0.4) is 0 Å². The molecule has 0 bridgehead atoms. The molecule has 0 N–H and O–H groups in total. The number of carbonyl (C=O) groups excluding carboxylic acids is 2. The number of benzene rings is 1. The molecule has 1 amide bonds. The monoisotopic (exact) mass is 542 g/mol. The summed E-state index contributed by atoms with van der Waals surface area (Å²) in [5.74, 6) is 1.19. The summed E-state index contributed by atoms with van der Waals surface area (Å²) in [7, 11) is 0. The zero-order valence-electron chi connectivity index (χ0n) is 25.0. The lowest BCUT2D eigenvalue weighted by molar-refractivity contribution is 0.0740. The average Bonchev–Trinajstić information content (AvgIpc) is 3.31. The first-order valence-electron chi connectivity index (χ1n) is 15.0. The summed E-state index contributed by atoms with van der Waals surface area (Å²) in [4.78, 5) is 30.4. The normalized spacial score (nSPS) is 14.6. The van der Waals surface area contributed by atoms with Gasteiger partial charge < -0.3 is 4.90 Å². The van der Waals surface area contributed by atoms with E-state index in [1.807, 2.05) is 52.0 Å². The fraction of sp³-hybridized carbons (Fsp3) is 0.500. The number of carbonyl (C=O) groups is 2. The summed E-state index contributed by atoms with van der Waals surface area (Å²) in [5, 5.41) is 4.93. The van der Waals surface area contributed by atoms with Gasteiger partial charge in [-0.2, -0.15) is 5.10 Å². The predicted octanol–water partition coefficient (Wildman–Crippen LogP) is 7.24. The number of amides is 1. The lowest BCUT2D eigenvalue weighted by Gasteiger charge is -2.25. The van der Waals surface area contributed by atoms with Crippen molar-refractivity contribution in [3.63, 3.8) is 0 Å². The number of pyridine rings is 1. The fourth-order valence-corrected chi connectivity index (χ4v) is 5.25. The van der Waals surface area contributed by atoms with Crippen molar-refractivity contribution in [2.45, 2.75) is 66.7 Å². The number of rotatable bonds is 12. The van der Waals surface area contributed by atoms with E-state index in [0.29, 0.717) is 23.0 Å². The summed E-state index contributed by atoms with van der Waals surface area (Å²) >= 11 is 0. The highest BCUT2D eigenvalue weighted by molar-refractivity contribution is 5.97. The highest BCUT2D eigenvalue weighted by Crippen LogP contribution is 2.29. The van der Waals surface area contributed by atoms with Crippen molar-refractivity contribution >= 4 is 23.3 Å².